The van der Waals surface area contributed by atoms with Gasteiger partial charge < -0.3 is 4.48 Å². The summed E-state index contributed by atoms with van der Waals surface area (Å²) in [6.45, 7) is 7.21. The fraction of sp³-hybridized carbons (Fsp3) is 0.667. The van der Waals surface area contributed by atoms with Crippen LogP contribution in [0.3, 0.4) is 0 Å². The van der Waals surface area contributed by atoms with E-state index >= 15 is 0 Å². The van der Waals surface area contributed by atoms with Crippen LogP contribution in [-0.2, 0) is 0 Å². The average molecular weight is 180 g/mol. The average Bonchev–Trinajstić information content (AvgIpc) is 2.04. The molecule has 1 aliphatic rings. The third-order valence-electron chi connectivity index (χ3n) is 2.80. The maximum Gasteiger partial charge on any atom is 0.107 e. The van der Waals surface area contributed by atoms with Crippen molar-refractivity contribution in [1.29, 1.82) is 0 Å². The monoisotopic (exact) mass is 180 g/mol. The van der Waals surface area contributed by atoms with E-state index < -0.39 is 0 Å². The Kier molecular flexibility index (Phi) is 3.32. The van der Waals surface area contributed by atoms with Gasteiger partial charge in [-0.3, -0.25) is 0 Å². The summed E-state index contributed by atoms with van der Waals surface area (Å²) in [5, 5.41) is 0. The van der Waals surface area contributed by atoms with Gasteiger partial charge in [-0.15, -0.1) is 0 Å². The summed E-state index contributed by atoms with van der Waals surface area (Å²) >= 11 is 0. The van der Waals surface area contributed by atoms with Crippen LogP contribution in [0.1, 0.15) is 26.2 Å². The quantitative estimate of drug-likeness (QED) is 0.463. The Morgan fingerprint density at radius 3 is 2.69 bits per heavy atom. The second kappa shape index (κ2) is 4.10. The molecule has 1 unspecified atom stereocenters. The lowest BCUT2D eigenvalue weighted by Crippen LogP contribution is -2.49. The Morgan fingerprint density at radius 1 is 1.54 bits per heavy atom. The van der Waals surface area contributed by atoms with Crippen LogP contribution < -0.4 is 0 Å². The van der Waals surface area contributed by atoms with Crippen molar-refractivity contribution in [2.75, 3.05) is 20.6 Å². The van der Waals surface area contributed by atoms with E-state index in [9.17, 15) is 0 Å². The zero-order valence-corrected chi connectivity index (χ0v) is 9.21. The Bertz CT molecular complexity index is 213. The van der Waals surface area contributed by atoms with Gasteiger partial charge in [-0.2, -0.15) is 0 Å². The largest absolute Gasteiger partial charge is 0.319 e. The zero-order chi connectivity index (χ0) is 9.90. The number of rotatable bonds is 3. The van der Waals surface area contributed by atoms with E-state index in [4.69, 9.17) is 0 Å². The van der Waals surface area contributed by atoms with Crippen molar-refractivity contribution in [2.24, 2.45) is 0 Å². The third-order valence-corrected chi connectivity index (χ3v) is 2.80. The molecule has 0 fully saturated rings. The Labute approximate surface area is 82.3 Å². The summed E-state index contributed by atoms with van der Waals surface area (Å²) in [5.41, 5.74) is 1.28. The minimum absolute atomic E-state index is 0.699. The molecule has 0 aliphatic heterocycles. The molecule has 1 rings (SSSR count). The summed E-state index contributed by atoms with van der Waals surface area (Å²) in [6.07, 6.45) is 8.65. The summed E-state index contributed by atoms with van der Waals surface area (Å²) < 4.78 is 1.06. The number of hydrogen-bond acceptors (Lipinski definition) is 0. The first-order valence-electron chi connectivity index (χ1n) is 5.16. The summed E-state index contributed by atoms with van der Waals surface area (Å²) in [7, 11) is 4.60. The maximum atomic E-state index is 4.00. The van der Waals surface area contributed by atoms with Crippen LogP contribution in [0, 0.1) is 0 Å². The van der Waals surface area contributed by atoms with Crippen LogP contribution in [-0.4, -0.2) is 31.2 Å². The summed E-state index contributed by atoms with van der Waals surface area (Å²) in [6, 6.07) is 0.699. The maximum absolute atomic E-state index is 4.00. The van der Waals surface area contributed by atoms with Gasteiger partial charge >= 0.3 is 0 Å². The minimum atomic E-state index is 0.699. The second-order valence-electron chi connectivity index (χ2n) is 4.82. The van der Waals surface area contributed by atoms with Crippen molar-refractivity contribution >= 4 is 0 Å². The lowest BCUT2D eigenvalue weighted by molar-refractivity contribution is -0.904. The molecule has 1 atom stereocenters. The molecule has 0 N–H and O–H groups in total. The van der Waals surface area contributed by atoms with Gasteiger partial charge in [0.25, 0.3) is 0 Å². The molecule has 1 nitrogen and oxygen atoms in total. The lowest BCUT2D eigenvalue weighted by atomic mass is 9.99. The number of nitrogens with zero attached hydrogens (tertiary/aromatic N) is 1. The number of allylic oxidation sites excluding steroid dienone is 1. The van der Waals surface area contributed by atoms with Crippen LogP contribution >= 0.6 is 0 Å². The number of quaternary nitrogens is 1. The zero-order valence-electron chi connectivity index (χ0n) is 9.21. The molecule has 74 valence electrons. The molecule has 0 spiro atoms. The topological polar surface area (TPSA) is 0 Å². The molecule has 0 amide bonds. The number of hydrogen-bond donors (Lipinski definition) is 0. The highest BCUT2D eigenvalue weighted by molar-refractivity contribution is 4.96. The van der Waals surface area contributed by atoms with Crippen molar-refractivity contribution in [3.63, 3.8) is 0 Å². The SMILES string of the molecule is C=C(C)C[N+](C)(C)C1C=CCCC1. The van der Waals surface area contributed by atoms with Crippen LogP contribution in [0.4, 0.5) is 0 Å². The highest BCUT2D eigenvalue weighted by Crippen LogP contribution is 2.21. The van der Waals surface area contributed by atoms with E-state index in [1.807, 2.05) is 0 Å². The highest BCUT2D eigenvalue weighted by Gasteiger charge is 2.26. The summed E-state index contributed by atoms with van der Waals surface area (Å²) in [5.74, 6) is 0. The van der Waals surface area contributed by atoms with Crippen molar-refractivity contribution in [3.8, 4) is 0 Å². The van der Waals surface area contributed by atoms with Crippen LogP contribution in [0.5, 0.6) is 0 Å². The van der Waals surface area contributed by atoms with Crippen LogP contribution in [0.2, 0.25) is 0 Å². The fourth-order valence-corrected chi connectivity index (χ4v) is 2.19. The Balaban J connectivity index is 2.61. The molecule has 0 aromatic rings. The van der Waals surface area contributed by atoms with Crippen LogP contribution in [0.25, 0.3) is 0 Å². The smallest absolute Gasteiger partial charge is 0.107 e. The predicted octanol–water partition coefficient (Wildman–Crippen LogP) is 2.75. The first-order chi connectivity index (χ1) is 6.02. The standard InChI is InChI=1S/C12H22N/c1-11(2)10-13(3,4)12-8-6-5-7-9-12/h6,8,12H,1,5,7,9-10H2,2-4H3/q+1. The third kappa shape index (κ3) is 3.00. The van der Waals surface area contributed by atoms with E-state index in [0.29, 0.717) is 6.04 Å². The molecule has 0 aromatic heterocycles. The van der Waals surface area contributed by atoms with E-state index in [-0.39, 0.29) is 0 Å². The lowest BCUT2D eigenvalue weighted by Gasteiger charge is -2.38. The second-order valence-corrected chi connectivity index (χ2v) is 4.82. The van der Waals surface area contributed by atoms with E-state index in [0.717, 1.165) is 11.0 Å². The van der Waals surface area contributed by atoms with Gasteiger partial charge in [-0.1, -0.05) is 12.7 Å². The minimum Gasteiger partial charge on any atom is -0.319 e. The van der Waals surface area contributed by atoms with E-state index in [2.05, 4.69) is 39.8 Å². The molecule has 0 saturated heterocycles. The van der Waals surface area contributed by atoms with Crippen molar-refractivity contribution in [1.82, 2.24) is 0 Å². The normalized spacial score (nSPS) is 23.2. The van der Waals surface area contributed by atoms with Crippen molar-refractivity contribution < 1.29 is 4.48 Å². The van der Waals surface area contributed by atoms with E-state index in [1.54, 1.807) is 0 Å². The molecule has 0 aromatic carbocycles. The van der Waals surface area contributed by atoms with E-state index in [1.165, 1.54) is 24.8 Å². The Morgan fingerprint density at radius 2 is 2.23 bits per heavy atom. The first-order valence-corrected chi connectivity index (χ1v) is 5.16. The van der Waals surface area contributed by atoms with Gasteiger partial charge in [0.05, 0.1) is 20.6 Å². The van der Waals surface area contributed by atoms with Gasteiger partial charge in [0.2, 0.25) is 0 Å². The summed E-state index contributed by atoms with van der Waals surface area (Å²) in [4.78, 5) is 0. The van der Waals surface area contributed by atoms with Gasteiger partial charge in [-0.05, 0) is 31.4 Å². The predicted molar refractivity (Wildman–Crippen MR) is 58.6 cm³/mol. The fourth-order valence-electron chi connectivity index (χ4n) is 2.19. The first kappa shape index (κ1) is 10.5. The Hall–Kier alpha value is -0.560. The highest BCUT2D eigenvalue weighted by atomic mass is 15.3. The molecule has 1 aliphatic carbocycles. The molecular formula is C12H22N+. The van der Waals surface area contributed by atoms with Crippen molar-refractivity contribution in [2.45, 2.75) is 32.2 Å². The van der Waals surface area contributed by atoms with Gasteiger partial charge in [0.1, 0.15) is 6.04 Å². The molecule has 0 radical (unpaired) electrons. The molecule has 0 bridgehead atoms. The molecule has 1 heteroatoms. The molecule has 13 heavy (non-hydrogen) atoms. The van der Waals surface area contributed by atoms with Crippen molar-refractivity contribution in [3.05, 3.63) is 24.3 Å². The molecular weight excluding hydrogens is 158 g/mol. The number of likely N-dealkylation sites (N-methyl/N-ethyl adjacent to an activating group) is 1. The molecule has 0 saturated carbocycles. The van der Waals surface area contributed by atoms with Gasteiger partial charge in [-0.25, -0.2) is 0 Å². The van der Waals surface area contributed by atoms with Crippen LogP contribution in [0.15, 0.2) is 24.3 Å². The van der Waals surface area contributed by atoms with Gasteiger partial charge in [0, 0.05) is 6.42 Å². The van der Waals surface area contributed by atoms with Gasteiger partial charge in [0.15, 0.2) is 0 Å². The molecule has 0 heterocycles.